The second-order valence-electron chi connectivity index (χ2n) is 4.00. The molecule has 0 aromatic carbocycles. The molecule has 8 nitrogen and oxygen atoms in total. The van der Waals surface area contributed by atoms with E-state index in [0.717, 1.165) is 11.3 Å². The first kappa shape index (κ1) is 13.9. The average Bonchev–Trinajstić information content (AvgIpc) is 2.88. The number of hydrogen-bond acceptors (Lipinski definition) is 7. The molecule has 0 aliphatic rings. The van der Waals surface area contributed by atoms with Gasteiger partial charge >= 0.3 is 6.09 Å². The van der Waals surface area contributed by atoms with Crippen LogP contribution in [0.4, 0.5) is 4.79 Å². The van der Waals surface area contributed by atoms with Crippen LogP contribution in [-0.4, -0.2) is 28.3 Å². The van der Waals surface area contributed by atoms with Crippen molar-refractivity contribution >= 4 is 6.09 Å². The Morgan fingerprint density at radius 3 is 3.05 bits per heavy atom. The van der Waals surface area contributed by atoms with Crippen LogP contribution in [0.15, 0.2) is 22.9 Å². The Morgan fingerprint density at radius 1 is 1.55 bits per heavy atom. The molecule has 1 atom stereocenters. The first-order valence-corrected chi connectivity index (χ1v) is 5.84. The smallest absolute Gasteiger partial charge is 0.405 e. The van der Waals surface area contributed by atoms with Crippen LogP contribution in [0.5, 0.6) is 0 Å². The molecule has 0 saturated carbocycles. The highest BCUT2D eigenvalue weighted by Crippen LogP contribution is 2.20. The van der Waals surface area contributed by atoms with Gasteiger partial charge in [-0.25, -0.2) is 4.79 Å². The summed E-state index contributed by atoms with van der Waals surface area (Å²) < 4.78 is 14.8. The first-order valence-electron chi connectivity index (χ1n) is 5.84. The molecule has 0 aliphatic heterocycles. The normalized spacial score (nSPS) is 12.1. The molecule has 1 unspecified atom stereocenters. The number of nitrogens with zero attached hydrogens (tertiary/aromatic N) is 3. The van der Waals surface area contributed by atoms with Crippen molar-refractivity contribution in [1.82, 2.24) is 15.1 Å². The highest BCUT2D eigenvalue weighted by Gasteiger charge is 2.18. The van der Waals surface area contributed by atoms with E-state index in [2.05, 4.69) is 15.1 Å². The van der Waals surface area contributed by atoms with Gasteiger partial charge < -0.3 is 19.7 Å². The maximum absolute atomic E-state index is 10.7. The summed E-state index contributed by atoms with van der Waals surface area (Å²) in [6.07, 6.45) is 0.0286. The molecule has 106 valence electrons. The van der Waals surface area contributed by atoms with Crippen molar-refractivity contribution < 1.29 is 18.8 Å². The fraction of sp³-hybridized carbons (Fsp3) is 0.333. The lowest BCUT2D eigenvalue weighted by atomic mass is 10.2. The van der Waals surface area contributed by atoms with Gasteiger partial charge in [-0.15, -0.1) is 0 Å². The SMILES string of the molecule is COCc1cc(-c2noc(C(C)OC(N)=O)n2)ccn1. The fourth-order valence-electron chi connectivity index (χ4n) is 1.59. The first-order chi connectivity index (χ1) is 9.60. The van der Waals surface area contributed by atoms with Gasteiger partial charge in [0.25, 0.3) is 5.89 Å². The fourth-order valence-corrected chi connectivity index (χ4v) is 1.59. The molecule has 0 bridgehead atoms. The lowest BCUT2D eigenvalue weighted by molar-refractivity contribution is 0.0959. The van der Waals surface area contributed by atoms with Gasteiger partial charge in [-0.3, -0.25) is 4.98 Å². The van der Waals surface area contributed by atoms with Crippen LogP contribution < -0.4 is 5.73 Å². The number of primary amides is 1. The topological polar surface area (TPSA) is 113 Å². The van der Waals surface area contributed by atoms with Crippen LogP contribution in [0.3, 0.4) is 0 Å². The second-order valence-corrected chi connectivity index (χ2v) is 4.00. The molecule has 0 fully saturated rings. The predicted molar refractivity (Wildman–Crippen MR) is 67.3 cm³/mol. The van der Waals surface area contributed by atoms with Gasteiger partial charge in [0.1, 0.15) is 0 Å². The zero-order chi connectivity index (χ0) is 14.5. The molecule has 2 rings (SSSR count). The van der Waals surface area contributed by atoms with E-state index in [1.807, 2.05) is 0 Å². The second kappa shape index (κ2) is 6.11. The average molecular weight is 278 g/mol. The van der Waals surface area contributed by atoms with E-state index >= 15 is 0 Å². The Balaban J connectivity index is 2.19. The Kier molecular flexibility index (Phi) is 4.26. The number of carbonyl (C=O) groups excluding carboxylic acids is 1. The largest absolute Gasteiger partial charge is 0.437 e. The van der Waals surface area contributed by atoms with Crippen molar-refractivity contribution in [2.75, 3.05) is 7.11 Å². The van der Waals surface area contributed by atoms with Gasteiger partial charge in [0.15, 0.2) is 6.10 Å². The van der Waals surface area contributed by atoms with Gasteiger partial charge in [-0.1, -0.05) is 5.16 Å². The Labute approximate surface area is 114 Å². The summed E-state index contributed by atoms with van der Waals surface area (Å²) in [7, 11) is 1.59. The summed E-state index contributed by atoms with van der Waals surface area (Å²) in [6, 6.07) is 3.53. The third-order valence-electron chi connectivity index (χ3n) is 2.45. The molecule has 0 spiro atoms. The summed E-state index contributed by atoms with van der Waals surface area (Å²) in [5, 5.41) is 3.83. The lowest BCUT2D eigenvalue weighted by Crippen LogP contribution is -2.15. The number of methoxy groups -OCH3 is 1. The molecular formula is C12H14N4O4. The van der Waals surface area contributed by atoms with Crippen molar-refractivity contribution in [3.8, 4) is 11.4 Å². The standard InChI is InChI=1S/C12H14N4O4/c1-7(19-12(13)17)11-15-10(16-20-11)8-3-4-14-9(5-8)6-18-2/h3-5,7H,6H2,1-2H3,(H2,13,17). The number of hydrogen-bond donors (Lipinski definition) is 1. The van der Waals surface area contributed by atoms with Crippen molar-refractivity contribution in [1.29, 1.82) is 0 Å². The van der Waals surface area contributed by atoms with Crippen LogP contribution in [-0.2, 0) is 16.1 Å². The highest BCUT2D eigenvalue weighted by atomic mass is 16.6. The minimum atomic E-state index is -0.899. The van der Waals surface area contributed by atoms with Crippen LogP contribution in [0.1, 0.15) is 24.6 Å². The summed E-state index contributed by atoms with van der Waals surface area (Å²) in [6.45, 7) is 1.98. The number of amides is 1. The van der Waals surface area contributed by atoms with Crippen LogP contribution >= 0.6 is 0 Å². The quantitative estimate of drug-likeness (QED) is 0.879. The predicted octanol–water partition coefficient (Wildman–Crippen LogP) is 1.43. The summed E-state index contributed by atoms with van der Waals surface area (Å²) in [4.78, 5) is 19.0. The third kappa shape index (κ3) is 3.29. The summed E-state index contributed by atoms with van der Waals surface area (Å²) in [5.41, 5.74) is 6.41. The van der Waals surface area contributed by atoms with E-state index in [0.29, 0.717) is 12.4 Å². The Hall–Kier alpha value is -2.48. The van der Waals surface area contributed by atoms with Gasteiger partial charge in [0.2, 0.25) is 5.82 Å². The third-order valence-corrected chi connectivity index (χ3v) is 2.45. The molecule has 8 heteroatoms. The highest BCUT2D eigenvalue weighted by molar-refractivity contribution is 5.64. The molecule has 20 heavy (non-hydrogen) atoms. The Bertz CT molecular complexity index is 599. The van der Waals surface area contributed by atoms with E-state index in [1.165, 1.54) is 0 Å². The van der Waals surface area contributed by atoms with Crippen molar-refractivity contribution in [3.63, 3.8) is 0 Å². The molecule has 2 heterocycles. The molecule has 0 aliphatic carbocycles. The van der Waals surface area contributed by atoms with E-state index in [1.54, 1.807) is 32.4 Å². The lowest BCUT2D eigenvalue weighted by Gasteiger charge is -2.04. The van der Waals surface area contributed by atoms with Gasteiger partial charge in [0, 0.05) is 18.9 Å². The van der Waals surface area contributed by atoms with E-state index in [4.69, 9.17) is 19.7 Å². The molecule has 2 N–H and O–H groups in total. The van der Waals surface area contributed by atoms with Crippen molar-refractivity contribution in [2.45, 2.75) is 19.6 Å². The minimum Gasteiger partial charge on any atom is -0.437 e. The number of rotatable bonds is 5. The van der Waals surface area contributed by atoms with Gasteiger partial charge in [0.05, 0.1) is 12.3 Å². The number of aromatic nitrogens is 3. The van der Waals surface area contributed by atoms with Crippen LogP contribution in [0.25, 0.3) is 11.4 Å². The van der Waals surface area contributed by atoms with Crippen molar-refractivity contribution in [2.24, 2.45) is 5.73 Å². The maximum Gasteiger partial charge on any atom is 0.405 e. The molecule has 1 amide bonds. The van der Waals surface area contributed by atoms with E-state index in [-0.39, 0.29) is 5.89 Å². The van der Waals surface area contributed by atoms with Gasteiger partial charge in [-0.2, -0.15) is 4.98 Å². The van der Waals surface area contributed by atoms with Gasteiger partial charge in [-0.05, 0) is 19.1 Å². The zero-order valence-electron chi connectivity index (χ0n) is 11.1. The summed E-state index contributed by atoms with van der Waals surface area (Å²) >= 11 is 0. The number of ether oxygens (including phenoxy) is 2. The van der Waals surface area contributed by atoms with Crippen molar-refractivity contribution in [3.05, 3.63) is 29.9 Å². The Morgan fingerprint density at radius 2 is 2.35 bits per heavy atom. The number of carbonyl (C=O) groups is 1. The molecular weight excluding hydrogens is 264 g/mol. The van der Waals surface area contributed by atoms with E-state index in [9.17, 15) is 4.79 Å². The maximum atomic E-state index is 10.7. The minimum absolute atomic E-state index is 0.170. The molecule has 0 radical (unpaired) electrons. The number of nitrogens with two attached hydrogens (primary N) is 1. The zero-order valence-corrected chi connectivity index (χ0v) is 11.1. The molecule has 0 saturated heterocycles. The molecule has 2 aromatic rings. The van der Waals surface area contributed by atoms with Crippen LogP contribution in [0, 0.1) is 0 Å². The summed E-state index contributed by atoms with van der Waals surface area (Å²) in [5.74, 6) is 0.545. The molecule has 2 aromatic heterocycles. The van der Waals surface area contributed by atoms with Crippen LogP contribution in [0.2, 0.25) is 0 Å². The monoisotopic (exact) mass is 278 g/mol. The number of pyridine rings is 1. The van der Waals surface area contributed by atoms with E-state index < -0.39 is 12.2 Å².